The first-order chi connectivity index (χ1) is 20.6. The second kappa shape index (κ2) is 15.0. The lowest BCUT2D eigenvalue weighted by atomic mass is 10.1. The SMILES string of the molecule is CCC(=S)NC[C@H]1CN(c2ccc(N3CCN(C(=O)CCCc4ccc(NN[C@@H](C)C(N)=O)cc4)CC3)c(F)c2)C(=O)O1. The third-order valence-corrected chi connectivity index (χ3v) is 8.04. The minimum absolute atomic E-state index is 0.0923. The minimum Gasteiger partial charge on any atom is -0.442 e. The van der Waals surface area contributed by atoms with Crippen LogP contribution in [0.1, 0.15) is 38.7 Å². The van der Waals surface area contributed by atoms with Crippen LogP contribution in [0.15, 0.2) is 42.5 Å². The Morgan fingerprint density at radius 1 is 1.14 bits per heavy atom. The largest absolute Gasteiger partial charge is 0.442 e. The number of primary amides is 1. The molecule has 2 fully saturated rings. The Labute approximate surface area is 256 Å². The van der Waals surface area contributed by atoms with Gasteiger partial charge in [0.25, 0.3) is 0 Å². The number of nitrogens with two attached hydrogens (primary N) is 1. The first-order valence-electron chi connectivity index (χ1n) is 14.6. The first-order valence-corrected chi connectivity index (χ1v) is 15.0. The molecule has 43 heavy (non-hydrogen) atoms. The Morgan fingerprint density at radius 3 is 2.51 bits per heavy atom. The molecule has 2 aliphatic heterocycles. The third-order valence-electron chi connectivity index (χ3n) is 7.61. The molecule has 0 aliphatic carbocycles. The molecule has 13 heteroatoms. The molecule has 4 rings (SSSR count). The number of halogens is 1. The summed E-state index contributed by atoms with van der Waals surface area (Å²) in [6, 6.07) is 12.0. The van der Waals surface area contributed by atoms with Gasteiger partial charge < -0.3 is 31.0 Å². The molecule has 3 amide bonds. The lowest BCUT2D eigenvalue weighted by Crippen LogP contribution is -2.49. The molecule has 0 aromatic heterocycles. The van der Waals surface area contributed by atoms with E-state index in [1.807, 2.05) is 41.0 Å². The Bertz CT molecular complexity index is 1300. The predicted octanol–water partition coefficient (Wildman–Crippen LogP) is 2.94. The number of hydrogen-bond acceptors (Lipinski definition) is 8. The van der Waals surface area contributed by atoms with Crippen molar-refractivity contribution in [3.63, 3.8) is 0 Å². The van der Waals surface area contributed by atoms with Crippen LogP contribution < -0.4 is 31.7 Å². The number of cyclic esters (lactones) is 1. The number of carbonyl (C=O) groups excluding carboxylic acids is 3. The van der Waals surface area contributed by atoms with E-state index in [-0.39, 0.29) is 12.0 Å². The number of amides is 3. The smallest absolute Gasteiger partial charge is 0.414 e. The fourth-order valence-electron chi connectivity index (χ4n) is 4.93. The molecular weight excluding hydrogens is 573 g/mol. The van der Waals surface area contributed by atoms with Gasteiger partial charge in [-0.25, -0.2) is 14.6 Å². The number of ether oxygens (including phenoxy) is 1. The molecule has 2 aromatic rings. The van der Waals surface area contributed by atoms with E-state index in [4.69, 9.17) is 22.7 Å². The average Bonchev–Trinajstić information content (AvgIpc) is 3.39. The number of carbonyl (C=O) groups is 3. The summed E-state index contributed by atoms with van der Waals surface area (Å²) in [5, 5.41) is 3.08. The number of hydrogen-bond donors (Lipinski definition) is 4. The van der Waals surface area contributed by atoms with Gasteiger partial charge >= 0.3 is 6.09 Å². The van der Waals surface area contributed by atoms with Crippen molar-refractivity contribution in [2.24, 2.45) is 5.73 Å². The summed E-state index contributed by atoms with van der Waals surface area (Å²) < 4.78 is 20.6. The van der Waals surface area contributed by atoms with E-state index in [9.17, 15) is 14.4 Å². The standard InChI is InChI=1S/C30H40FN7O4S/c1-3-27(43)33-18-24-19-38(30(41)42-24)23-11-12-26(25(31)17-23)36-13-15-37(16-14-36)28(39)6-4-5-21-7-9-22(10-8-21)35-34-20(2)29(32)40/h7-12,17,20,24,34-35H,3-6,13-16,18-19H2,1-2H3,(H2,32,40)(H,33,43)/t20-,24-/m0/s1. The van der Waals surface area contributed by atoms with Crippen molar-refractivity contribution < 1.29 is 23.5 Å². The van der Waals surface area contributed by atoms with Gasteiger partial charge in [0.15, 0.2) is 0 Å². The van der Waals surface area contributed by atoms with Gasteiger partial charge in [0, 0.05) is 38.3 Å². The van der Waals surface area contributed by atoms with Crippen LogP contribution >= 0.6 is 12.2 Å². The van der Waals surface area contributed by atoms with E-state index < -0.39 is 23.9 Å². The topological polar surface area (TPSA) is 132 Å². The number of aryl methyl sites for hydroxylation is 1. The lowest BCUT2D eigenvalue weighted by molar-refractivity contribution is -0.131. The van der Waals surface area contributed by atoms with Crippen molar-refractivity contribution in [2.45, 2.75) is 51.7 Å². The van der Waals surface area contributed by atoms with Crippen molar-refractivity contribution in [3.8, 4) is 0 Å². The minimum atomic E-state index is -0.508. The molecule has 0 unspecified atom stereocenters. The van der Waals surface area contributed by atoms with E-state index in [2.05, 4.69) is 16.2 Å². The van der Waals surface area contributed by atoms with Crippen LogP contribution in [0.2, 0.25) is 0 Å². The molecule has 2 atom stereocenters. The Balaban J connectivity index is 1.20. The van der Waals surface area contributed by atoms with Crippen molar-refractivity contribution in [2.75, 3.05) is 54.5 Å². The molecule has 0 bridgehead atoms. The molecular formula is C30H40FN7O4S. The lowest BCUT2D eigenvalue weighted by Gasteiger charge is -2.36. The fraction of sp³-hybridized carbons (Fsp3) is 0.467. The molecule has 0 saturated carbocycles. The van der Waals surface area contributed by atoms with Crippen LogP contribution in [0, 0.1) is 5.82 Å². The van der Waals surface area contributed by atoms with Crippen LogP contribution in [0.5, 0.6) is 0 Å². The highest BCUT2D eigenvalue weighted by Crippen LogP contribution is 2.28. The van der Waals surface area contributed by atoms with E-state index in [0.29, 0.717) is 68.5 Å². The third kappa shape index (κ3) is 8.77. The zero-order valence-electron chi connectivity index (χ0n) is 24.6. The zero-order chi connectivity index (χ0) is 30.9. The molecule has 2 heterocycles. The van der Waals surface area contributed by atoms with Gasteiger partial charge in [0.05, 0.1) is 29.5 Å². The quantitative estimate of drug-likeness (QED) is 0.199. The highest BCUT2D eigenvalue weighted by molar-refractivity contribution is 7.80. The Kier molecular flexibility index (Phi) is 11.1. The summed E-state index contributed by atoms with van der Waals surface area (Å²) in [7, 11) is 0. The number of piperazine rings is 1. The highest BCUT2D eigenvalue weighted by Gasteiger charge is 2.33. The summed E-state index contributed by atoms with van der Waals surface area (Å²) in [5.74, 6) is -0.771. The summed E-state index contributed by atoms with van der Waals surface area (Å²) in [6.07, 6.45) is 1.77. The van der Waals surface area contributed by atoms with Crippen molar-refractivity contribution in [1.82, 2.24) is 15.6 Å². The first kappa shape index (κ1) is 32.0. The molecule has 232 valence electrons. The van der Waals surface area contributed by atoms with Gasteiger partial charge in [0.1, 0.15) is 18.0 Å². The van der Waals surface area contributed by atoms with Crippen LogP contribution in [-0.2, 0) is 20.7 Å². The maximum Gasteiger partial charge on any atom is 0.414 e. The number of rotatable bonds is 13. The number of thiocarbonyl (C=S) groups is 1. The van der Waals surface area contributed by atoms with E-state index in [1.165, 1.54) is 11.0 Å². The molecule has 2 aromatic carbocycles. The molecule has 0 radical (unpaired) electrons. The highest BCUT2D eigenvalue weighted by atomic mass is 32.1. The van der Waals surface area contributed by atoms with Gasteiger partial charge in [-0.3, -0.25) is 14.5 Å². The van der Waals surface area contributed by atoms with Crippen LogP contribution in [0.25, 0.3) is 0 Å². The number of nitrogens with one attached hydrogen (secondary N) is 3. The van der Waals surface area contributed by atoms with E-state index in [1.54, 1.807) is 19.1 Å². The summed E-state index contributed by atoms with van der Waals surface area (Å²) in [5.41, 5.74) is 13.8. The van der Waals surface area contributed by atoms with Crippen LogP contribution in [0.3, 0.4) is 0 Å². The van der Waals surface area contributed by atoms with Gasteiger partial charge in [-0.15, -0.1) is 0 Å². The van der Waals surface area contributed by atoms with Gasteiger partial charge in [-0.2, -0.15) is 0 Å². The van der Waals surface area contributed by atoms with Crippen LogP contribution in [-0.4, -0.2) is 79.2 Å². The number of hydrazine groups is 1. The second-order valence-electron chi connectivity index (χ2n) is 10.7. The zero-order valence-corrected chi connectivity index (χ0v) is 25.4. The average molecular weight is 614 g/mol. The maximum atomic E-state index is 15.2. The van der Waals surface area contributed by atoms with E-state index in [0.717, 1.165) is 24.1 Å². The van der Waals surface area contributed by atoms with Gasteiger partial charge in [-0.1, -0.05) is 31.3 Å². The Morgan fingerprint density at radius 2 is 1.86 bits per heavy atom. The monoisotopic (exact) mass is 613 g/mol. The molecule has 11 nitrogen and oxygen atoms in total. The number of anilines is 3. The normalized spacial score (nSPS) is 17.4. The molecule has 0 spiro atoms. The van der Waals surface area contributed by atoms with Crippen molar-refractivity contribution >= 4 is 52.2 Å². The molecule has 5 N–H and O–H groups in total. The van der Waals surface area contributed by atoms with Gasteiger partial charge in [0.2, 0.25) is 11.8 Å². The van der Waals surface area contributed by atoms with Gasteiger partial charge in [-0.05, 0) is 62.1 Å². The summed E-state index contributed by atoms with van der Waals surface area (Å²) in [4.78, 5) is 42.2. The number of benzene rings is 2. The Hall–Kier alpha value is -3.97. The maximum absolute atomic E-state index is 15.2. The molecule has 2 aliphatic rings. The number of nitrogens with zero attached hydrogens (tertiary/aromatic N) is 3. The fourth-order valence-corrected chi connectivity index (χ4v) is 5.01. The van der Waals surface area contributed by atoms with Crippen molar-refractivity contribution in [1.29, 1.82) is 0 Å². The summed E-state index contributed by atoms with van der Waals surface area (Å²) >= 11 is 5.16. The van der Waals surface area contributed by atoms with E-state index >= 15 is 4.39 Å². The van der Waals surface area contributed by atoms with Crippen molar-refractivity contribution in [3.05, 3.63) is 53.8 Å². The second-order valence-corrected chi connectivity index (χ2v) is 11.2. The van der Waals surface area contributed by atoms with Crippen LogP contribution in [0.4, 0.5) is 26.2 Å². The predicted molar refractivity (Wildman–Crippen MR) is 168 cm³/mol. The summed E-state index contributed by atoms with van der Waals surface area (Å²) in [6.45, 7) is 6.44. The molecule has 2 saturated heterocycles.